The van der Waals surface area contributed by atoms with Gasteiger partial charge >= 0.3 is 0 Å². The van der Waals surface area contributed by atoms with E-state index in [1.165, 1.54) is 0 Å². The molecule has 0 spiro atoms. The molecule has 1 saturated heterocycles. The molecule has 0 bridgehead atoms. The molecule has 1 atom stereocenters. The Morgan fingerprint density at radius 1 is 1.29 bits per heavy atom. The van der Waals surface area contributed by atoms with E-state index in [-0.39, 0.29) is 11.8 Å². The van der Waals surface area contributed by atoms with Gasteiger partial charge in [-0.25, -0.2) is 0 Å². The van der Waals surface area contributed by atoms with Crippen LogP contribution in [0.1, 0.15) is 45.7 Å². The molecule has 6 nitrogen and oxygen atoms in total. The lowest BCUT2D eigenvalue weighted by atomic mass is 9.86. The van der Waals surface area contributed by atoms with Gasteiger partial charge in [-0.05, 0) is 26.2 Å². The molecule has 116 valence electrons. The van der Waals surface area contributed by atoms with Crippen LogP contribution in [0, 0.1) is 6.92 Å². The van der Waals surface area contributed by atoms with E-state index >= 15 is 0 Å². The van der Waals surface area contributed by atoms with Crippen molar-refractivity contribution in [3.8, 4) is 0 Å². The molecule has 1 unspecified atom stereocenters. The molecular formula is C15H24N4O2. The number of hydrogen-bond acceptors (Lipinski definition) is 3. The topological polar surface area (TPSA) is 67.2 Å². The van der Waals surface area contributed by atoms with Crippen molar-refractivity contribution < 1.29 is 9.59 Å². The molecule has 6 heteroatoms. The maximum Gasteiger partial charge on any atom is 0.253 e. The highest BCUT2D eigenvalue weighted by Gasteiger charge is 2.49. The average molecular weight is 292 g/mol. The maximum absolute atomic E-state index is 13.1. The number of nitrogens with one attached hydrogen (secondary N) is 1. The minimum atomic E-state index is -0.801. The van der Waals surface area contributed by atoms with E-state index in [1.54, 1.807) is 9.58 Å². The standard InChI is InChI=1S/C15H24N4O2/c1-6-11-13(20)16-15(7-2,8-3)14(21)19(11)12-9-18(5)17-10(12)4/h9,11H,6-8H2,1-5H3,(H,16,20). The second-order valence-corrected chi connectivity index (χ2v) is 5.65. The van der Waals surface area contributed by atoms with Crippen molar-refractivity contribution in [2.75, 3.05) is 4.90 Å². The lowest BCUT2D eigenvalue weighted by Crippen LogP contribution is -2.70. The number of nitrogens with zero attached hydrogens (tertiary/aromatic N) is 3. The minimum absolute atomic E-state index is 0.0324. The quantitative estimate of drug-likeness (QED) is 0.915. The Morgan fingerprint density at radius 3 is 2.33 bits per heavy atom. The van der Waals surface area contributed by atoms with Gasteiger partial charge in [0.05, 0.1) is 11.4 Å². The first-order valence-corrected chi connectivity index (χ1v) is 7.56. The molecule has 1 aromatic rings. The van der Waals surface area contributed by atoms with Gasteiger partial charge in [-0.2, -0.15) is 5.10 Å². The molecule has 0 radical (unpaired) electrons. The molecule has 0 aliphatic carbocycles. The van der Waals surface area contributed by atoms with Crippen molar-refractivity contribution in [1.82, 2.24) is 15.1 Å². The van der Waals surface area contributed by atoms with Crippen LogP contribution in [0.25, 0.3) is 0 Å². The summed E-state index contributed by atoms with van der Waals surface area (Å²) in [6.07, 6.45) is 3.56. The summed E-state index contributed by atoms with van der Waals surface area (Å²) in [5, 5.41) is 7.25. The van der Waals surface area contributed by atoms with Crippen molar-refractivity contribution >= 4 is 17.5 Å². The van der Waals surface area contributed by atoms with Crippen LogP contribution < -0.4 is 10.2 Å². The van der Waals surface area contributed by atoms with Crippen molar-refractivity contribution in [1.29, 1.82) is 0 Å². The molecule has 2 amide bonds. The predicted octanol–water partition coefficient (Wildman–Crippen LogP) is 1.53. The van der Waals surface area contributed by atoms with Gasteiger partial charge in [0.2, 0.25) is 5.91 Å². The lowest BCUT2D eigenvalue weighted by molar-refractivity contribution is -0.138. The third kappa shape index (κ3) is 2.32. The number of carbonyl (C=O) groups is 2. The first-order valence-electron chi connectivity index (χ1n) is 7.56. The second-order valence-electron chi connectivity index (χ2n) is 5.65. The highest BCUT2D eigenvalue weighted by atomic mass is 16.2. The summed E-state index contributed by atoms with van der Waals surface area (Å²) in [6.45, 7) is 7.65. The van der Waals surface area contributed by atoms with Gasteiger partial charge in [0, 0.05) is 13.2 Å². The van der Waals surface area contributed by atoms with Crippen LogP contribution in [0.5, 0.6) is 0 Å². The Balaban J connectivity index is 2.54. The number of piperazine rings is 1. The number of amides is 2. The highest BCUT2D eigenvalue weighted by molar-refractivity contribution is 6.11. The Bertz CT molecular complexity index is 560. The molecule has 2 heterocycles. The van der Waals surface area contributed by atoms with Gasteiger partial charge < -0.3 is 5.32 Å². The first kappa shape index (κ1) is 15.5. The summed E-state index contributed by atoms with van der Waals surface area (Å²) in [5.41, 5.74) is 0.695. The fourth-order valence-electron chi connectivity index (χ4n) is 3.06. The SMILES string of the molecule is CCC1C(=O)NC(CC)(CC)C(=O)N1c1cn(C)nc1C. The first-order chi connectivity index (χ1) is 9.90. The van der Waals surface area contributed by atoms with Gasteiger partial charge in [-0.1, -0.05) is 20.8 Å². The van der Waals surface area contributed by atoms with Crippen molar-refractivity contribution in [3.63, 3.8) is 0 Å². The van der Waals surface area contributed by atoms with Crippen molar-refractivity contribution in [3.05, 3.63) is 11.9 Å². The van der Waals surface area contributed by atoms with E-state index in [4.69, 9.17) is 0 Å². The van der Waals surface area contributed by atoms with Crippen LogP contribution in [0.2, 0.25) is 0 Å². The van der Waals surface area contributed by atoms with E-state index in [1.807, 2.05) is 40.9 Å². The molecule has 0 aromatic carbocycles. The van der Waals surface area contributed by atoms with Crippen LogP contribution in [0.4, 0.5) is 5.69 Å². The third-order valence-corrected chi connectivity index (χ3v) is 4.45. The molecule has 1 aliphatic heterocycles. The molecule has 1 N–H and O–H groups in total. The van der Waals surface area contributed by atoms with Crippen LogP contribution >= 0.6 is 0 Å². The zero-order valence-corrected chi connectivity index (χ0v) is 13.4. The Labute approximate surface area is 125 Å². The minimum Gasteiger partial charge on any atom is -0.340 e. The maximum atomic E-state index is 13.1. The Morgan fingerprint density at radius 2 is 1.90 bits per heavy atom. The normalized spacial score (nSPS) is 21.6. The highest BCUT2D eigenvalue weighted by Crippen LogP contribution is 2.31. The molecule has 0 saturated carbocycles. The molecular weight excluding hydrogens is 268 g/mol. The summed E-state index contributed by atoms with van der Waals surface area (Å²) in [5.74, 6) is -0.112. The summed E-state index contributed by atoms with van der Waals surface area (Å²) in [7, 11) is 1.82. The average Bonchev–Trinajstić information content (AvgIpc) is 2.79. The molecule has 21 heavy (non-hydrogen) atoms. The fraction of sp³-hybridized carbons (Fsp3) is 0.667. The summed E-state index contributed by atoms with van der Waals surface area (Å²) in [6, 6.07) is -0.466. The van der Waals surface area contributed by atoms with Crippen molar-refractivity contribution in [2.45, 2.75) is 58.5 Å². The number of carbonyl (C=O) groups excluding carboxylic acids is 2. The Hall–Kier alpha value is -1.85. The predicted molar refractivity (Wildman–Crippen MR) is 81.0 cm³/mol. The smallest absolute Gasteiger partial charge is 0.253 e. The monoisotopic (exact) mass is 292 g/mol. The van der Waals surface area contributed by atoms with Gasteiger partial charge in [0.15, 0.2) is 0 Å². The number of hydrogen-bond donors (Lipinski definition) is 1. The van der Waals surface area contributed by atoms with Crippen LogP contribution in [-0.2, 0) is 16.6 Å². The zero-order valence-electron chi connectivity index (χ0n) is 13.4. The van der Waals surface area contributed by atoms with Crippen LogP contribution in [-0.4, -0.2) is 33.2 Å². The number of anilines is 1. The number of rotatable bonds is 4. The number of aromatic nitrogens is 2. The molecule has 1 fully saturated rings. The fourth-order valence-corrected chi connectivity index (χ4v) is 3.06. The van der Waals surface area contributed by atoms with E-state index in [0.29, 0.717) is 19.3 Å². The Kier molecular flexibility index (Phi) is 4.07. The summed E-state index contributed by atoms with van der Waals surface area (Å²) >= 11 is 0. The van der Waals surface area contributed by atoms with Crippen LogP contribution in [0.3, 0.4) is 0 Å². The van der Waals surface area contributed by atoms with Crippen LogP contribution in [0.15, 0.2) is 6.20 Å². The zero-order chi connectivity index (χ0) is 15.8. The van der Waals surface area contributed by atoms with Gasteiger partial charge in [0.25, 0.3) is 5.91 Å². The summed E-state index contributed by atoms with van der Waals surface area (Å²) < 4.78 is 1.68. The molecule has 2 rings (SSSR count). The second kappa shape index (κ2) is 5.50. The lowest BCUT2D eigenvalue weighted by Gasteiger charge is -2.45. The third-order valence-electron chi connectivity index (χ3n) is 4.45. The van der Waals surface area contributed by atoms with Gasteiger partial charge in [-0.3, -0.25) is 19.2 Å². The molecule has 1 aliphatic rings. The summed E-state index contributed by atoms with van der Waals surface area (Å²) in [4.78, 5) is 27.2. The van der Waals surface area contributed by atoms with E-state index in [9.17, 15) is 9.59 Å². The van der Waals surface area contributed by atoms with Crippen molar-refractivity contribution in [2.24, 2.45) is 7.05 Å². The van der Waals surface area contributed by atoms with E-state index in [0.717, 1.165) is 11.4 Å². The van der Waals surface area contributed by atoms with E-state index in [2.05, 4.69) is 10.4 Å². The van der Waals surface area contributed by atoms with Gasteiger partial charge in [-0.15, -0.1) is 0 Å². The molecule has 1 aromatic heterocycles. The van der Waals surface area contributed by atoms with Gasteiger partial charge in [0.1, 0.15) is 11.6 Å². The van der Waals surface area contributed by atoms with E-state index < -0.39 is 11.6 Å². The largest absolute Gasteiger partial charge is 0.340 e. The number of aryl methyl sites for hydroxylation is 2.